The number of imidazole rings is 1. The quantitative estimate of drug-likeness (QED) is 0.411. The number of sulfone groups is 1. The number of hydrogen-bond acceptors (Lipinski definition) is 6. The van der Waals surface area contributed by atoms with Gasteiger partial charge in [-0.05, 0) is 24.6 Å². The van der Waals surface area contributed by atoms with Crippen LogP contribution in [0.5, 0.6) is 5.75 Å². The average molecular weight is 490 g/mol. The first-order valence-electron chi connectivity index (χ1n) is 9.61. The molecule has 0 saturated carbocycles. The molecule has 1 unspecified atom stereocenters. The fourth-order valence-electron chi connectivity index (χ4n) is 3.41. The van der Waals surface area contributed by atoms with Crippen LogP contribution in [0.3, 0.4) is 0 Å². The van der Waals surface area contributed by atoms with E-state index in [2.05, 4.69) is 4.98 Å². The number of thiophene rings is 1. The summed E-state index contributed by atoms with van der Waals surface area (Å²) in [5.74, 6) is -0.331. The lowest BCUT2D eigenvalue weighted by Gasteiger charge is -2.16. The average Bonchev–Trinajstić information content (AvgIpc) is 3.30. The van der Waals surface area contributed by atoms with Crippen LogP contribution in [-0.2, 0) is 15.6 Å². The zero-order valence-electron chi connectivity index (χ0n) is 17.3. The number of nitrogens with zero attached hydrogens (tertiary/aromatic N) is 2. The molecule has 4 aromatic rings. The van der Waals surface area contributed by atoms with Gasteiger partial charge in [-0.3, -0.25) is 9.20 Å². The lowest BCUT2D eigenvalue weighted by atomic mass is 10.1. The van der Waals surface area contributed by atoms with Gasteiger partial charge in [0.15, 0.2) is 9.84 Å². The lowest BCUT2D eigenvalue weighted by Crippen LogP contribution is -2.12. The highest BCUT2D eigenvalue weighted by Crippen LogP contribution is 2.39. The van der Waals surface area contributed by atoms with Crippen LogP contribution in [-0.4, -0.2) is 30.0 Å². The number of halogens is 1. The van der Waals surface area contributed by atoms with Gasteiger partial charge in [-0.1, -0.05) is 35.9 Å². The molecule has 3 aromatic heterocycles. The molecule has 0 aliphatic rings. The van der Waals surface area contributed by atoms with Crippen LogP contribution in [0.25, 0.3) is 16.2 Å². The van der Waals surface area contributed by atoms with E-state index in [9.17, 15) is 13.2 Å². The maximum Gasteiger partial charge on any atom is 0.262 e. The second-order valence-corrected chi connectivity index (χ2v) is 11.0. The summed E-state index contributed by atoms with van der Waals surface area (Å²) in [7, 11) is -3.19. The Labute approximate surface area is 194 Å². The van der Waals surface area contributed by atoms with Gasteiger partial charge in [-0.25, -0.2) is 13.4 Å². The van der Waals surface area contributed by atoms with E-state index in [-0.39, 0.29) is 10.6 Å². The largest absolute Gasteiger partial charge is 0.484 e. The summed E-state index contributed by atoms with van der Waals surface area (Å²) in [5, 5.41) is 0.566. The van der Waals surface area contributed by atoms with Crippen LogP contribution in [0, 0.1) is 0 Å². The highest BCUT2D eigenvalue weighted by atomic mass is 35.5. The predicted octanol–water partition coefficient (Wildman–Crippen LogP) is 4.50. The second kappa shape index (κ2) is 8.57. The number of benzene rings is 1. The summed E-state index contributed by atoms with van der Waals surface area (Å²) in [6.07, 6.45) is 4.17. The number of ether oxygens (including phenoxy) is 1. The minimum atomic E-state index is -3.19. The summed E-state index contributed by atoms with van der Waals surface area (Å²) in [6, 6.07) is 12.6. The van der Waals surface area contributed by atoms with Gasteiger partial charge in [0.2, 0.25) is 0 Å². The summed E-state index contributed by atoms with van der Waals surface area (Å²) >= 11 is 7.47. The molecule has 0 spiro atoms. The van der Waals surface area contributed by atoms with Crippen LogP contribution in [0.15, 0.2) is 54.9 Å². The van der Waals surface area contributed by atoms with Crippen molar-refractivity contribution in [2.45, 2.75) is 18.8 Å². The monoisotopic (exact) mass is 489 g/mol. The molecule has 32 heavy (non-hydrogen) atoms. The third kappa shape index (κ3) is 4.64. The number of pyridine rings is 1. The van der Waals surface area contributed by atoms with Crippen LogP contribution < -0.4 is 10.5 Å². The zero-order valence-corrected chi connectivity index (χ0v) is 19.7. The van der Waals surface area contributed by atoms with E-state index >= 15 is 0 Å². The molecule has 0 aliphatic carbocycles. The van der Waals surface area contributed by atoms with Crippen molar-refractivity contribution >= 4 is 44.3 Å². The number of fused-ring (bicyclic) bond motifs is 1. The molecule has 1 aromatic carbocycles. The first-order chi connectivity index (χ1) is 15.1. The molecule has 0 aliphatic heterocycles. The minimum Gasteiger partial charge on any atom is -0.484 e. The predicted molar refractivity (Wildman–Crippen MR) is 126 cm³/mol. The van der Waals surface area contributed by atoms with Gasteiger partial charge in [-0.15, -0.1) is 11.3 Å². The molecular formula is C22H20ClN3O4S2. The minimum absolute atomic E-state index is 0.0821. The fourth-order valence-corrected chi connectivity index (χ4v) is 5.43. The van der Waals surface area contributed by atoms with Crippen LogP contribution >= 0.6 is 22.9 Å². The molecule has 4 rings (SSSR count). The van der Waals surface area contributed by atoms with Crippen LogP contribution in [0.4, 0.5) is 0 Å². The van der Waals surface area contributed by atoms with Crippen molar-refractivity contribution in [2.24, 2.45) is 5.73 Å². The van der Waals surface area contributed by atoms with E-state index in [4.69, 9.17) is 22.1 Å². The molecule has 166 valence electrons. The van der Waals surface area contributed by atoms with E-state index in [1.54, 1.807) is 41.1 Å². The van der Waals surface area contributed by atoms with Crippen molar-refractivity contribution in [3.05, 3.63) is 75.9 Å². The van der Waals surface area contributed by atoms with E-state index < -0.39 is 21.8 Å². The van der Waals surface area contributed by atoms with E-state index in [1.165, 1.54) is 17.6 Å². The van der Waals surface area contributed by atoms with Crippen molar-refractivity contribution in [3.8, 4) is 16.3 Å². The van der Waals surface area contributed by atoms with Crippen molar-refractivity contribution in [1.29, 1.82) is 0 Å². The van der Waals surface area contributed by atoms with Crippen molar-refractivity contribution in [1.82, 2.24) is 9.38 Å². The molecule has 10 heteroatoms. The zero-order chi connectivity index (χ0) is 23.0. The number of hydrogen-bond donors (Lipinski definition) is 1. The molecule has 0 radical (unpaired) electrons. The summed E-state index contributed by atoms with van der Waals surface area (Å²) in [5.41, 5.74) is 8.38. The Morgan fingerprint density at radius 3 is 2.72 bits per heavy atom. The van der Waals surface area contributed by atoms with Gasteiger partial charge >= 0.3 is 0 Å². The SMILES string of the molecule is CC(Oc1cc(-c2cnc3ccc(CS(C)(=O)=O)cn23)sc1C(N)=O)c1ccccc1Cl. The van der Waals surface area contributed by atoms with E-state index in [1.807, 2.05) is 25.1 Å². The second-order valence-electron chi connectivity index (χ2n) is 7.43. The third-order valence-electron chi connectivity index (χ3n) is 4.82. The van der Waals surface area contributed by atoms with Crippen molar-refractivity contribution < 1.29 is 17.9 Å². The first-order valence-corrected chi connectivity index (χ1v) is 12.9. The Kier molecular flexibility index (Phi) is 5.98. The molecule has 3 heterocycles. The maximum atomic E-state index is 12.1. The number of rotatable bonds is 7. The number of nitrogens with two attached hydrogens (primary N) is 1. The summed E-state index contributed by atoms with van der Waals surface area (Å²) in [4.78, 5) is 17.5. The van der Waals surface area contributed by atoms with Gasteiger partial charge < -0.3 is 10.5 Å². The summed E-state index contributed by atoms with van der Waals surface area (Å²) < 4.78 is 31.3. The van der Waals surface area contributed by atoms with Crippen molar-refractivity contribution in [2.75, 3.05) is 6.26 Å². The first kappa shape index (κ1) is 22.3. The Hall–Kier alpha value is -2.88. The molecule has 0 fully saturated rings. The molecular weight excluding hydrogens is 470 g/mol. The van der Waals surface area contributed by atoms with Crippen LogP contribution in [0.1, 0.15) is 33.8 Å². The Morgan fingerprint density at radius 2 is 2.03 bits per heavy atom. The molecule has 7 nitrogen and oxygen atoms in total. The molecule has 1 atom stereocenters. The van der Waals surface area contributed by atoms with E-state index in [0.717, 1.165) is 5.56 Å². The molecule has 1 amide bonds. The van der Waals surface area contributed by atoms with Gasteiger partial charge in [0, 0.05) is 29.1 Å². The van der Waals surface area contributed by atoms with Crippen molar-refractivity contribution in [3.63, 3.8) is 0 Å². The Balaban J connectivity index is 1.74. The molecule has 0 bridgehead atoms. The number of carbonyl (C=O) groups is 1. The fraction of sp³-hybridized carbons (Fsp3) is 0.182. The van der Waals surface area contributed by atoms with Gasteiger partial charge in [0.25, 0.3) is 5.91 Å². The number of amides is 1. The number of primary amides is 1. The number of aromatic nitrogens is 2. The van der Waals surface area contributed by atoms with Gasteiger partial charge in [0.1, 0.15) is 22.4 Å². The maximum absolute atomic E-state index is 12.1. The highest BCUT2D eigenvalue weighted by Gasteiger charge is 2.21. The standard InChI is InChI=1S/C22H20ClN3O4S2/c1-13(15-5-3-4-6-16(15)23)30-18-9-19(31-21(18)22(24)27)17-10-25-20-8-7-14(11-26(17)20)12-32(2,28)29/h3-11,13H,12H2,1-2H3,(H2,24,27). The topological polar surface area (TPSA) is 104 Å². The van der Waals surface area contributed by atoms with Gasteiger partial charge in [-0.2, -0.15) is 0 Å². The third-order valence-corrected chi connectivity index (χ3v) is 7.17. The van der Waals surface area contributed by atoms with Gasteiger partial charge in [0.05, 0.1) is 22.5 Å². The lowest BCUT2D eigenvalue weighted by molar-refractivity contribution is 0.0998. The van der Waals surface area contributed by atoms with Crippen LogP contribution in [0.2, 0.25) is 5.02 Å². The van der Waals surface area contributed by atoms with E-state index in [0.29, 0.717) is 32.6 Å². The molecule has 2 N–H and O–H groups in total. The number of carbonyl (C=O) groups excluding carboxylic acids is 1. The Morgan fingerprint density at radius 1 is 1.28 bits per heavy atom. The highest BCUT2D eigenvalue weighted by molar-refractivity contribution is 7.89. The smallest absolute Gasteiger partial charge is 0.262 e. The summed E-state index contributed by atoms with van der Waals surface area (Å²) in [6.45, 7) is 1.84. The Bertz CT molecular complexity index is 1430. The normalized spacial score (nSPS) is 12.7. The molecule has 0 saturated heterocycles.